The van der Waals surface area contributed by atoms with E-state index in [2.05, 4.69) is 45.3 Å². The summed E-state index contributed by atoms with van der Waals surface area (Å²) in [4.78, 5) is 15.7. The lowest BCUT2D eigenvalue weighted by molar-refractivity contribution is 0.252. The van der Waals surface area contributed by atoms with Gasteiger partial charge in [-0.3, -0.25) is 15.7 Å². The summed E-state index contributed by atoms with van der Waals surface area (Å²) in [6, 6.07) is 19.9. The van der Waals surface area contributed by atoms with Crippen LogP contribution in [0.15, 0.2) is 73.1 Å². The molecule has 2 aromatic heterocycles. The maximum Gasteiger partial charge on any atom is 0.333 e. The van der Waals surface area contributed by atoms with Gasteiger partial charge in [0.25, 0.3) is 0 Å². The number of hydrogen-bond donors (Lipinski definition) is 4. The molecule has 4 rings (SSSR count). The van der Waals surface area contributed by atoms with Crippen molar-refractivity contribution >= 4 is 43.8 Å². The highest BCUT2D eigenvalue weighted by molar-refractivity contribution is 7.23. The second-order valence-electron chi connectivity index (χ2n) is 5.88. The first-order valence-corrected chi connectivity index (χ1v) is 9.12. The van der Waals surface area contributed by atoms with Crippen LogP contribution in [-0.2, 0) is 0 Å². The minimum Gasteiger partial charge on any atom is -0.354 e. The topological polar surface area (TPSA) is 92.1 Å². The summed E-state index contributed by atoms with van der Waals surface area (Å²) in [5, 5.41) is 7.79. The first-order valence-electron chi connectivity index (χ1n) is 8.30. The van der Waals surface area contributed by atoms with Crippen molar-refractivity contribution in [2.75, 3.05) is 10.6 Å². The van der Waals surface area contributed by atoms with Gasteiger partial charge in [0, 0.05) is 17.3 Å². The van der Waals surface area contributed by atoms with Gasteiger partial charge in [-0.15, -0.1) is 11.3 Å². The van der Waals surface area contributed by atoms with Gasteiger partial charge < -0.3 is 5.32 Å². The van der Waals surface area contributed by atoms with E-state index < -0.39 is 6.03 Å². The Morgan fingerprint density at radius 3 is 2.59 bits per heavy atom. The van der Waals surface area contributed by atoms with Gasteiger partial charge in [-0.05, 0) is 29.3 Å². The van der Waals surface area contributed by atoms with Gasteiger partial charge in [0.05, 0.1) is 21.6 Å². The smallest absolute Gasteiger partial charge is 0.333 e. The van der Waals surface area contributed by atoms with Gasteiger partial charge in [-0.25, -0.2) is 10.6 Å². The van der Waals surface area contributed by atoms with Crippen LogP contribution >= 0.6 is 11.3 Å². The van der Waals surface area contributed by atoms with Crippen LogP contribution in [0.5, 0.6) is 0 Å². The zero-order valence-corrected chi connectivity index (χ0v) is 15.1. The number of nitrogens with one attached hydrogen (secondary N) is 3. The van der Waals surface area contributed by atoms with Gasteiger partial charge in [0.15, 0.2) is 0 Å². The van der Waals surface area contributed by atoms with Gasteiger partial charge in [0.1, 0.15) is 0 Å². The summed E-state index contributed by atoms with van der Waals surface area (Å²) >= 11 is 1.44. The Morgan fingerprint density at radius 1 is 0.963 bits per heavy atom. The summed E-state index contributed by atoms with van der Waals surface area (Å²) in [7, 11) is 0. The highest BCUT2D eigenvalue weighted by atomic mass is 32.1. The van der Waals surface area contributed by atoms with Crippen LogP contribution in [0.25, 0.3) is 21.2 Å². The average molecular weight is 375 g/mol. The summed E-state index contributed by atoms with van der Waals surface area (Å²) in [6.07, 6.45) is 3.55. The molecule has 0 unspecified atom stereocenters. The number of amides is 2. The normalized spacial score (nSPS) is 10.6. The number of nitrogens with zero attached hydrogens (tertiary/aromatic N) is 1. The van der Waals surface area contributed by atoms with Crippen LogP contribution in [0.4, 0.5) is 21.2 Å². The van der Waals surface area contributed by atoms with Crippen molar-refractivity contribution in [3.63, 3.8) is 0 Å². The largest absolute Gasteiger partial charge is 0.354 e. The van der Waals surface area contributed by atoms with E-state index in [1.54, 1.807) is 12.4 Å². The van der Waals surface area contributed by atoms with Crippen LogP contribution in [0.1, 0.15) is 0 Å². The van der Waals surface area contributed by atoms with E-state index in [9.17, 15) is 4.79 Å². The molecule has 0 aliphatic heterocycles. The van der Waals surface area contributed by atoms with E-state index in [1.807, 2.05) is 36.4 Å². The minimum absolute atomic E-state index is 0.459. The Kier molecular flexibility index (Phi) is 4.69. The molecule has 7 heteroatoms. The fourth-order valence-corrected chi connectivity index (χ4v) is 3.78. The number of urea groups is 1. The number of rotatable bonds is 4. The Labute approximate surface area is 160 Å². The number of anilines is 3. The molecule has 0 aliphatic carbocycles. The van der Waals surface area contributed by atoms with Crippen molar-refractivity contribution in [2.24, 2.45) is 5.84 Å². The zero-order valence-electron chi connectivity index (χ0n) is 14.3. The zero-order chi connectivity index (χ0) is 18.6. The van der Waals surface area contributed by atoms with Crippen molar-refractivity contribution in [1.82, 2.24) is 10.4 Å². The average Bonchev–Trinajstić information content (AvgIpc) is 3.12. The van der Waals surface area contributed by atoms with Crippen LogP contribution in [-0.4, -0.2) is 11.0 Å². The SMILES string of the molecule is NNC(=O)Nc1cc2c(Nc3cccc(-c4ccccc4)c3)cncc2s1. The Morgan fingerprint density at radius 2 is 1.78 bits per heavy atom. The molecule has 2 heterocycles. The third-order valence-electron chi connectivity index (χ3n) is 4.06. The number of nitrogens with two attached hydrogens (primary N) is 1. The molecule has 134 valence electrons. The van der Waals surface area contributed by atoms with E-state index in [-0.39, 0.29) is 0 Å². The lowest BCUT2D eigenvalue weighted by Crippen LogP contribution is -2.34. The van der Waals surface area contributed by atoms with E-state index in [4.69, 9.17) is 5.84 Å². The van der Waals surface area contributed by atoms with E-state index in [0.29, 0.717) is 5.00 Å². The lowest BCUT2D eigenvalue weighted by atomic mass is 10.1. The fourth-order valence-electron chi connectivity index (χ4n) is 2.83. The van der Waals surface area contributed by atoms with E-state index in [0.717, 1.165) is 32.6 Å². The Bertz CT molecular complexity index is 1090. The molecule has 5 N–H and O–H groups in total. The molecule has 2 amide bonds. The minimum atomic E-state index is -0.459. The quantitative estimate of drug-likeness (QED) is 0.236. The van der Waals surface area contributed by atoms with Crippen molar-refractivity contribution in [3.05, 3.63) is 73.1 Å². The molecule has 0 spiro atoms. The van der Waals surface area contributed by atoms with Crippen LogP contribution < -0.4 is 21.9 Å². The molecule has 0 atom stereocenters. The number of hydrazine groups is 1. The predicted octanol–water partition coefficient (Wildman–Crippen LogP) is 4.70. The van der Waals surface area contributed by atoms with Gasteiger partial charge >= 0.3 is 6.03 Å². The first kappa shape index (κ1) is 17.0. The summed E-state index contributed by atoms with van der Waals surface area (Å²) in [5.41, 5.74) is 6.19. The number of fused-ring (bicyclic) bond motifs is 1. The third kappa shape index (κ3) is 3.74. The molecule has 0 fully saturated rings. The second-order valence-corrected chi connectivity index (χ2v) is 6.96. The molecule has 27 heavy (non-hydrogen) atoms. The number of carbonyl (C=O) groups excluding carboxylic acids is 1. The first-order chi connectivity index (χ1) is 13.2. The summed E-state index contributed by atoms with van der Waals surface area (Å²) in [6.45, 7) is 0. The number of pyridine rings is 1. The fraction of sp³-hybridized carbons (Fsp3) is 0. The van der Waals surface area contributed by atoms with Crippen LogP contribution in [0.3, 0.4) is 0 Å². The number of thiophene rings is 1. The standard InChI is InChI=1S/C20H17N5OS/c21-25-20(26)24-19-10-16-17(11-22-12-18(16)27-19)23-15-8-4-7-14(9-15)13-5-2-1-3-6-13/h1-12,23H,21H2,(H2,24,25,26). The summed E-state index contributed by atoms with van der Waals surface area (Å²) in [5.74, 6) is 5.13. The molecule has 0 saturated heterocycles. The van der Waals surface area contributed by atoms with Crippen molar-refractivity contribution in [2.45, 2.75) is 0 Å². The molecule has 2 aromatic carbocycles. The molecule has 0 saturated carbocycles. The van der Waals surface area contributed by atoms with Gasteiger partial charge in [0.2, 0.25) is 0 Å². The van der Waals surface area contributed by atoms with E-state index >= 15 is 0 Å². The molecule has 4 aromatic rings. The molecule has 0 bridgehead atoms. The highest BCUT2D eigenvalue weighted by Crippen LogP contribution is 2.35. The second kappa shape index (κ2) is 7.45. The van der Waals surface area contributed by atoms with E-state index in [1.165, 1.54) is 11.3 Å². The monoisotopic (exact) mass is 375 g/mol. The van der Waals surface area contributed by atoms with Crippen LogP contribution in [0.2, 0.25) is 0 Å². The van der Waals surface area contributed by atoms with Crippen molar-refractivity contribution < 1.29 is 4.79 Å². The van der Waals surface area contributed by atoms with Gasteiger partial charge in [-0.1, -0.05) is 42.5 Å². The van der Waals surface area contributed by atoms with Crippen molar-refractivity contribution in [1.29, 1.82) is 0 Å². The lowest BCUT2D eigenvalue weighted by Gasteiger charge is -2.09. The number of aromatic nitrogens is 1. The number of benzene rings is 2. The maximum absolute atomic E-state index is 11.4. The Hall–Kier alpha value is -3.42. The molecule has 6 nitrogen and oxygen atoms in total. The molecular weight excluding hydrogens is 358 g/mol. The Balaban J connectivity index is 1.65. The number of carbonyl (C=O) groups is 1. The maximum atomic E-state index is 11.4. The van der Waals surface area contributed by atoms with Gasteiger partial charge in [-0.2, -0.15) is 0 Å². The van der Waals surface area contributed by atoms with Crippen molar-refractivity contribution in [3.8, 4) is 11.1 Å². The number of hydrogen-bond acceptors (Lipinski definition) is 5. The molecule has 0 radical (unpaired) electrons. The molecule has 0 aliphatic rings. The summed E-state index contributed by atoms with van der Waals surface area (Å²) < 4.78 is 0.964. The van der Waals surface area contributed by atoms with Crippen LogP contribution in [0, 0.1) is 0 Å². The highest BCUT2D eigenvalue weighted by Gasteiger charge is 2.09. The predicted molar refractivity (Wildman–Crippen MR) is 111 cm³/mol. The molecular formula is C20H17N5OS. The third-order valence-corrected chi connectivity index (χ3v) is 5.05.